The van der Waals surface area contributed by atoms with Gasteiger partial charge in [-0.25, -0.2) is 0 Å². The van der Waals surface area contributed by atoms with Crippen LogP contribution in [0.15, 0.2) is 108 Å². The highest BCUT2D eigenvalue weighted by molar-refractivity contribution is 5.84. The summed E-state index contributed by atoms with van der Waals surface area (Å²) in [6, 6.07) is 29.4. The lowest BCUT2D eigenvalue weighted by Crippen LogP contribution is -2.22. The normalized spacial score (nSPS) is 14.6. The maximum absolute atomic E-state index is 2.45. The van der Waals surface area contributed by atoms with Crippen molar-refractivity contribution in [3.05, 3.63) is 136 Å². The Balaban J connectivity index is 1.49. The third kappa shape index (κ3) is 4.68. The standard InChI is InChI=1S/C38H37N/c1-5-6-16-36-28(4)23-32-22-21-31(25-37(32)39(36)33-13-8-7-9-14-33)30-20-17-26(2)35(24-30)38-27(3)18-19-29-12-10-11-15-34(29)38/h6-10,12-14,16-22,24-25H,5,11,15,23H2,1-4H3/b16-6-. The summed E-state index contributed by atoms with van der Waals surface area (Å²) < 4.78 is 0. The molecule has 4 aromatic carbocycles. The molecular weight excluding hydrogens is 470 g/mol. The van der Waals surface area contributed by atoms with Crippen LogP contribution in [0.25, 0.3) is 28.3 Å². The minimum Gasteiger partial charge on any atom is -0.310 e. The summed E-state index contributed by atoms with van der Waals surface area (Å²) in [6.45, 7) is 8.98. The summed E-state index contributed by atoms with van der Waals surface area (Å²) in [4.78, 5) is 2.45. The first-order valence-electron chi connectivity index (χ1n) is 14.3. The van der Waals surface area contributed by atoms with Gasteiger partial charge in [0, 0.05) is 11.4 Å². The van der Waals surface area contributed by atoms with E-state index in [0.29, 0.717) is 0 Å². The Hall–Kier alpha value is -4.10. The van der Waals surface area contributed by atoms with Gasteiger partial charge in [-0.05, 0) is 132 Å². The topological polar surface area (TPSA) is 3.24 Å². The number of para-hydroxylation sites is 1. The van der Waals surface area contributed by atoms with E-state index in [9.17, 15) is 0 Å². The van der Waals surface area contributed by atoms with Gasteiger partial charge in [0.1, 0.15) is 0 Å². The molecule has 6 rings (SSSR count). The van der Waals surface area contributed by atoms with E-state index in [2.05, 4.69) is 136 Å². The predicted octanol–water partition coefficient (Wildman–Crippen LogP) is 10.5. The summed E-state index contributed by atoms with van der Waals surface area (Å²) in [5, 5.41) is 0. The van der Waals surface area contributed by atoms with Crippen LogP contribution in [0.1, 0.15) is 54.5 Å². The first-order chi connectivity index (χ1) is 19.0. The lowest BCUT2D eigenvalue weighted by Gasteiger charge is -2.34. The molecule has 39 heavy (non-hydrogen) atoms. The van der Waals surface area contributed by atoms with Crippen molar-refractivity contribution in [3.8, 4) is 22.3 Å². The second-order valence-electron chi connectivity index (χ2n) is 11.0. The molecule has 0 amide bonds. The largest absolute Gasteiger partial charge is 0.310 e. The molecule has 0 N–H and O–H groups in total. The van der Waals surface area contributed by atoms with Gasteiger partial charge in [0.05, 0.1) is 5.69 Å². The van der Waals surface area contributed by atoms with Crippen LogP contribution in [0, 0.1) is 13.8 Å². The van der Waals surface area contributed by atoms with Crippen molar-refractivity contribution in [2.45, 2.75) is 53.4 Å². The van der Waals surface area contributed by atoms with Gasteiger partial charge in [0.2, 0.25) is 0 Å². The highest BCUT2D eigenvalue weighted by atomic mass is 15.2. The molecule has 194 valence electrons. The molecule has 0 aromatic heterocycles. The van der Waals surface area contributed by atoms with Gasteiger partial charge in [0.25, 0.3) is 0 Å². The minimum atomic E-state index is 0.977. The number of anilines is 2. The molecule has 0 fully saturated rings. The van der Waals surface area contributed by atoms with Crippen molar-refractivity contribution in [3.63, 3.8) is 0 Å². The maximum atomic E-state index is 2.45. The number of allylic oxidation sites excluding steroid dienone is 4. The fraction of sp³-hybridized carbons (Fsp3) is 0.211. The van der Waals surface area contributed by atoms with Crippen molar-refractivity contribution in [2.75, 3.05) is 4.90 Å². The van der Waals surface area contributed by atoms with Crippen LogP contribution in [-0.2, 0) is 12.8 Å². The van der Waals surface area contributed by atoms with Gasteiger partial charge in [-0.15, -0.1) is 0 Å². The molecule has 1 heteroatoms. The van der Waals surface area contributed by atoms with Crippen molar-refractivity contribution in [2.24, 2.45) is 0 Å². The number of fused-ring (bicyclic) bond motifs is 2. The Kier molecular flexibility index (Phi) is 6.83. The average Bonchev–Trinajstić information content (AvgIpc) is 2.96. The SMILES string of the molecule is CC/C=C\C1=C(C)Cc2ccc(-c3ccc(C)c(-c4c(C)ccc5c4CCC=C5)c3)cc2N1c1ccccc1. The second-order valence-corrected chi connectivity index (χ2v) is 11.0. The fourth-order valence-corrected chi connectivity index (χ4v) is 6.19. The molecule has 0 saturated heterocycles. The van der Waals surface area contributed by atoms with Crippen LogP contribution in [0.5, 0.6) is 0 Å². The molecule has 0 unspecified atom stereocenters. The molecule has 1 nitrogen and oxygen atoms in total. The fourth-order valence-electron chi connectivity index (χ4n) is 6.19. The van der Waals surface area contributed by atoms with E-state index in [1.807, 2.05) is 0 Å². The smallest absolute Gasteiger partial charge is 0.0503 e. The number of hydrogen-bond donors (Lipinski definition) is 0. The molecular formula is C38H37N. The van der Waals surface area contributed by atoms with E-state index >= 15 is 0 Å². The molecule has 0 saturated carbocycles. The first kappa shape index (κ1) is 25.2. The molecule has 0 spiro atoms. The summed E-state index contributed by atoms with van der Waals surface area (Å²) in [6.07, 6.45) is 13.4. The first-order valence-corrected chi connectivity index (χ1v) is 14.3. The summed E-state index contributed by atoms with van der Waals surface area (Å²) >= 11 is 0. The Morgan fingerprint density at radius 3 is 2.41 bits per heavy atom. The van der Waals surface area contributed by atoms with Gasteiger partial charge in [-0.3, -0.25) is 0 Å². The number of rotatable bonds is 5. The molecule has 0 radical (unpaired) electrons. The lowest BCUT2D eigenvalue weighted by atomic mass is 9.84. The van der Waals surface area contributed by atoms with Crippen LogP contribution in [0.2, 0.25) is 0 Å². The van der Waals surface area contributed by atoms with Gasteiger partial charge in [-0.1, -0.05) is 79.7 Å². The van der Waals surface area contributed by atoms with Crippen LogP contribution in [0.4, 0.5) is 11.4 Å². The van der Waals surface area contributed by atoms with Crippen molar-refractivity contribution in [1.82, 2.24) is 0 Å². The number of benzene rings is 4. The van der Waals surface area contributed by atoms with E-state index in [4.69, 9.17) is 0 Å². The highest BCUT2D eigenvalue weighted by Crippen LogP contribution is 2.43. The lowest BCUT2D eigenvalue weighted by molar-refractivity contribution is 0.984. The van der Waals surface area contributed by atoms with Gasteiger partial charge in [0.15, 0.2) is 0 Å². The second kappa shape index (κ2) is 10.6. The number of aryl methyl sites for hydroxylation is 2. The Bertz CT molecular complexity index is 1630. The molecule has 1 heterocycles. The summed E-state index contributed by atoms with van der Waals surface area (Å²) in [5.41, 5.74) is 17.4. The predicted molar refractivity (Wildman–Crippen MR) is 169 cm³/mol. The number of nitrogens with zero attached hydrogens (tertiary/aromatic N) is 1. The van der Waals surface area contributed by atoms with E-state index in [0.717, 1.165) is 25.7 Å². The van der Waals surface area contributed by atoms with E-state index < -0.39 is 0 Å². The van der Waals surface area contributed by atoms with Crippen molar-refractivity contribution in [1.29, 1.82) is 0 Å². The Morgan fingerprint density at radius 2 is 1.59 bits per heavy atom. The van der Waals surface area contributed by atoms with E-state index in [1.165, 1.54) is 72.7 Å². The molecule has 4 aromatic rings. The minimum absolute atomic E-state index is 0.977. The monoisotopic (exact) mass is 507 g/mol. The van der Waals surface area contributed by atoms with Crippen LogP contribution < -0.4 is 4.90 Å². The third-order valence-corrected chi connectivity index (χ3v) is 8.24. The molecule has 0 atom stereocenters. The summed E-state index contributed by atoms with van der Waals surface area (Å²) in [5.74, 6) is 0. The van der Waals surface area contributed by atoms with Crippen LogP contribution in [-0.4, -0.2) is 0 Å². The van der Waals surface area contributed by atoms with Crippen LogP contribution >= 0.6 is 0 Å². The number of hydrogen-bond acceptors (Lipinski definition) is 1. The molecule has 0 bridgehead atoms. The Labute approximate surface area is 233 Å². The van der Waals surface area contributed by atoms with Gasteiger partial charge >= 0.3 is 0 Å². The molecule has 2 aliphatic rings. The maximum Gasteiger partial charge on any atom is 0.0503 e. The molecule has 1 aliphatic carbocycles. The van der Waals surface area contributed by atoms with Gasteiger partial charge in [-0.2, -0.15) is 0 Å². The zero-order chi connectivity index (χ0) is 26.9. The van der Waals surface area contributed by atoms with Crippen molar-refractivity contribution < 1.29 is 0 Å². The van der Waals surface area contributed by atoms with E-state index in [-0.39, 0.29) is 0 Å². The van der Waals surface area contributed by atoms with Crippen LogP contribution in [0.3, 0.4) is 0 Å². The van der Waals surface area contributed by atoms with Gasteiger partial charge < -0.3 is 4.90 Å². The third-order valence-electron chi connectivity index (χ3n) is 8.24. The van der Waals surface area contributed by atoms with Crippen molar-refractivity contribution >= 4 is 17.5 Å². The quantitative estimate of drug-likeness (QED) is 0.260. The Morgan fingerprint density at radius 1 is 0.821 bits per heavy atom. The zero-order valence-corrected chi connectivity index (χ0v) is 23.6. The molecule has 1 aliphatic heterocycles. The van der Waals surface area contributed by atoms with E-state index in [1.54, 1.807) is 0 Å². The average molecular weight is 508 g/mol. The summed E-state index contributed by atoms with van der Waals surface area (Å²) in [7, 11) is 0. The highest BCUT2D eigenvalue weighted by Gasteiger charge is 2.24. The zero-order valence-electron chi connectivity index (χ0n) is 23.6.